The summed E-state index contributed by atoms with van der Waals surface area (Å²) in [5.74, 6) is 0.501. The predicted octanol–water partition coefficient (Wildman–Crippen LogP) is 3.31. The Hall–Kier alpha value is -0.530. The fourth-order valence-corrected chi connectivity index (χ4v) is 2.52. The highest BCUT2D eigenvalue weighted by Crippen LogP contribution is 2.33. The van der Waals surface area contributed by atoms with Crippen molar-refractivity contribution in [2.45, 2.75) is 52.4 Å². The van der Waals surface area contributed by atoms with E-state index < -0.39 is 5.97 Å². The molecule has 2 heteroatoms. The molecule has 0 aromatic rings. The Balaban J connectivity index is 2.45. The van der Waals surface area contributed by atoms with Crippen LogP contribution in [0.25, 0.3) is 0 Å². The summed E-state index contributed by atoms with van der Waals surface area (Å²) in [5, 5.41) is 8.95. The third-order valence-electron chi connectivity index (χ3n) is 3.81. The fraction of sp³-hybridized carbons (Fsp3) is 0.917. The molecular weight excluding hydrogens is 176 g/mol. The first kappa shape index (κ1) is 11.5. The minimum Gasteiger partial charge on any atom is -0.481 e. The molecular formula is C12H22O2. The first-order valence-electron chi connectivity index (χ1n) is 5.88. The van der Waals surface area contributed by atoms with Gasteiger partial charge in [0.2, 0.25) is 0 Å². The lowest BCUT2D eigenvalue weighted by Crippen LogP contribution is -2.20. The third kappa shape index (κ3) is 3.00. The van der Waals surface area contributed by atoms with E-state index in [-0.39, 0.29) is 5.92 Å². The number of aliphatic carboxylic acids is 1. The topological polar surface area (TPSA) is 37.3 Å². The van der Waals surface area contributed by atoms with Crippen molar-refractivity contribution in [1.29, 1.82) is 0 Å². The molecule has 0 bridgehead atoms. The molecule has 0 aliphatic heterocycles. The summed E-state index contributed by atoms with van der Waals surface area (Å²) in [7, 11) is 0. The van der Waals surface area contributed by atoms with E-state index >= 15 is 0 Å². The molecule has 0 heterocycles. The molecule has 3 unspecified atom stereocenters. The van der Waals surface area contributed by atoms with Crippen molar-refractivity contribution < 1.29 is 9.90 Å². The molecule has 1 aliphatic rings. The van der Waals surface area contributed by atoms with E-state index in [4.69, 9.17) is 5.11 Å². The van der Waals surface area contributed by atoms with Crippen LogP contribution in [-0.4, -0.2) is 11.1 Å². The molecule has 1 fully saturated rings. The van der Waals surface area contributed by atoms with Gasteiger partial charge in [0.15, 0.2) is 0 Å². The monoisotopic (exact) mass is 198 g/mol. The molecule has 82 valence electrons. The zero-order valence-corrected chi connectivity index (χ0v) is 9.33. The third-order valence-corrected chi connectivity index (χ3v) is 3.81. The van der Waals surface area contributed by atoms with E-state index in [1.54, 1.807) is 0 Å². The molecule has 0 aromatic heterocycles. The second-order valence-electron chi connectivity index (χ2n) is 4.67. The molecule has 2 nitrogen and oxygen atoms in total. The van der Waals surface area contributed by atoms with Gasteiger partial charge >= 0.3 is 5.97 Å². The normalized spacial score (nSPS) is 30.7. The van der Waals surface area contributed by atoms with Gasteiger partial charge in [-0.15, -0.1) is 0 Å². The van der Waals surface area contributed by atoms with E-state index in [1.807, 2.05) is 6.92 Å². The lowest BCUT2D eigenvalue weighted by molar-refractivity contribution is -0.143. The van der Waals surface area contributed by atoms with Gasteiger partial charge in [-0.25, -0.2) is 0 Å². The summed E-state index contributed by atoms with van der Waals surface area (Å²) in [6.45, 7) is 4.10. The second kappa shape index (κ2) is 5.38. The molecule has 0 aromatic carbocycles. The molecule has 0 saturated heterocycles. The van der Waals surface area contributed by atoms with Crippen LogP contribution in [-0.2, 0) is 4.79 Å². The Bertz CT molecular complexity index is 189. The van der Waals surface area contributed by atoms with E-state index in [2.05, 4.69) is 6.92 Å². The Morgan fingerprint density at radius 2 is 2.07 bits per heavy atom. The van der Waals surface area contributed by atoms with Gasteiger partial charge in [0.05, 0.1) is 5.92 Å². The maximum Gasteiger partial charge on any atom is 0.306 e. The van der Waals surface area contributed by atoms with Crippen LogP contribution in [0.3, 0.4) is 0 Å². The number of rotatable bonds is 3. The van der Waals surface area contributed by atoms with Crippen LogP contribution >= 0.6 is 0 Å². The number of hydrogen-bond acceptors (Lipinski definition) is 1. The maximum atomic E-state index is 10.9. The van der Waals surface area contributed by atoms with E-state index in [0.717, 1.165) is 18.8 Å². The van der Waals surface area contributed by atoms with Gasteiger partial charge in [0.25, 0.3) is 0 Å². The minimum atomic E-state index is -0.620. The standard InChI is InChI=1S/C12H22O2/c1-3-10-5-4-6-11(8-7-10)9(2)12(13)14/h9-11H,3-8H2,1-2H3,(H,13,14). The second-order valence-corrected chi connectivity index (χ2v) is 4.67. The maximum absolute atomic E-state index is 10.9. The smallest absolute Gasteiger partial charge is 0.306 e. The summed E-state index contributed by atoms with van der Waals surface area (Å²) in [4.78, 5) is 10.9. The molecule has 0 radical (unpaired) electrons. The molecule has 1 N–H and O–H groups in total. The van der Waals surface area contributed by atoms with Crippen LogP contribution < -0.4 is 0 Å². The lowest BCUT2D eigenvalue weighted by atomic mass is 9.87. The Labute approximate surface area is 86.7 Å². The average molecular weight is 198 g/mol. The average Bonchev–Trinajstić information content (AvgIpc) is 2.41. The summed E-state index contributed by atoms with van der Waals surface area (Å²) in [6.07, 6.45) is 7.25. The van der Waals surface area contributed by atoms with Gasteiger partial charge < -0.3 is 5.11 Å². The largest absolute Gasteiger partial charge is 0.481 e. The Morgan fingerprint density at radius 1 is 1.36 bits per heavy atom. The summed E-state index contributed by atoms with van der Waals surface area (Å²) < 4.78 is 0. The zero-order valence-electron chi connectivity index (χ0n) is 9.33. The van der Waals surface area contributed by atoms with Gasteiger partial charge in [0, 0.05) is 0 Å². The molecule has 0 amide bonds. The fourth-order valence-electron chi connectivity index (χ4n) is 2.52. The van der Waals surface area contributed by atoms with Gasteiger partial charge in [0.1, 0.15) is 0 Å². The molecule has 0 spiro atoms. The first-order chi connectivity index (χ1) is 6.65. The van der Waals surface area contributed by atoms with Crippen LogP contribution in [0, 0.1) is 17.8 Å². The molecule has 1 aliphatic carbocycles. The molecule has 3 atom stereocenters. The highest BCUT2D eigenvalue weighted by atomic mass is 16.4. The van der Waals surface area contributed by atoms with E-state index in [9.17, 15) is 4.79 Å². The highest BCUT2D eigenvalue weighted by Gasteiger charge is 2.26. The zero-order chi connectivity index (χ0) is 10.6. The predicted molar refractivity (Wildman–Crippen MR) is 57.2 cm³/mol. The van der Waals surface area contributed by atoms with Crippen molar-refractivity contribution in [3.63, 3.8) is 0 Å². The van der Waals surface area contributed by atoms with Gasteiger partial charge in [-0.1, -0.05) is 39.5 Å². The van der Waals surface area contributed by atoms with Crippen molar-refractivity contribution in [3.8, 4) is 0 Å². The van der Waals surface area contributed by atoms with Crippen LogP contribution in [0.4, 0.5) is 0 Å². The summed E-state index contributed by atoms with van der Waals surface area (Å²) in [5.41, 5.74) is 0. The quantitative estimate of drug-likeness (QED) is 0.706. The molecule has 1 rings (SSSR count). The van der Waals surface area contributed by atoms with Crippen LogP contribution in [0.2, 0.25) is 0 Å². The van der Waals surface area contributed by atoms with Crippen molar-refractivity contribution in [1.82, 2.24) is 0 Å². The summed E-state index contributed by atoms with van der Waals surface area (Å²) >= 11 is 0. The number of hydrogen-bond donors (Lipinski definition) is 1. The van der Waals surface area contributed by atoms with Crippen molar-refractivity contribution in [2.75, 3.05) is 0 Å². The SMILES string of the molecule is CCC1CCCC(C(C)C(=O)O)CC1. The number of carboxylic acids is 1. The van der Waals surface area contributed by atoms with Crippen LogP contribution in [0.5, 0.6) is 0 Å². The van der Waals surface area contributed by atoms with Crippen LogP contribution in [0.1, 0.15) is 52.4 Å². The first-order valence-corrected chi connectivity index (χ1v) is 5.88. The molecule has 14 heavy (non-hydrogen) atoms. The number of carbonyl (C=O) groups is 1. The van der Waals surface area contributed by atoms with Crippen molar-refractivity contribution >= 4 is 5.97 Å². The van der Waals surface area contributed by atoms with Gasteiger partial charge in [-0.2, -0.15) is 0 Å². The van der Waals surface area contributed by atoms with Crippen LogP contribution in [0.15, 0.2) is 0 Å². The van der Waals surface area contributed by atoms with Gasteiger partial charge in [-0.3, -0.25) is 4.79 Å². The lowest BCUT2D eigenvalue weighted by Gasteiger charge is -2.18. The summed E-state index contributed by atoms with van der Waals surface area (Å²) in [6, 6.07) is 0. The van der Waals surface area contributed by atoms with Gasteiger partial charge in [-0.05, 0) is 24.7 Å². The van der Waals surface area contributed by atoms with E-state index in [0.29, 0.717) is 5.92 Å². The van der Waals surface area contributed by atoms with Crippen molar-refractivity contribution in [2.24, 2.45) is 17.8 Å². The Morgan fingerprint density at radius 3 is 2.64 bits per heavy atom. The number of carboxylic acid groups (broad SMARTS) is 1. The van der Waals surface area contributed by atoms with E-state index in [1.165, 1.54) is 25.7 Å². The van der Waals surface area contributed by atoms with Crippen molar-refractivity contribution in [3.05, 3.63) is 0 Å². The minimum absolute atomic E-state index is 0.148. The Kier molecular flexibility index (Phi) is 4.43. The highest BCUT2D eigenvalue weighted by molar-refractivity contribution is 5.69. The molecule has 1 saturated carbocycles.